The van der Waals surface area contributed by atoms with Crippen LogP contribution in [0.1, 0.15) is 34.1 Å². The predicted molar refractivity (Wildman–Crippen MR) is 70.7 cm³/mol. The molecule has 1 heterocycles. The van der Waals surface area contributed by atoms with Crippen molar-refractivity contribution in [2.75, 3.05) is 13.2 Å². The normalized spacial score (nSPS) is 11.4. The molecule has 0 saturated heterocycles. The van der Waals surface area contributed by atoms with Gasteiger partial charge in [-0.2, -0.15) is 0 Å². The lowest BCUT2D eigenvalue weighted by Crippen LogP contribution is -2.36. The first-order chi connectivity index (χ1) is 9.42. The Balaban J connectivity index is 2.88. The Hall–Kier alpha value is -1.92. The van der Waals surface area contributed by atoms with Crippen LogP contribution < -0.4 is 0 Å². The average Bonchev–Trinajstić information content (AvgIpc) is 2.91. The fourth-order valence-corrected chi connectivity index (χ4v) is 1.87. The Morgan fingerprint density at radius 2 is 1.55 bits per heavy atom. The van der Waals surface area contributed by atoms with Gasteiger partial charge in [0.1, 0.15) is 12.7 Å². The Morgan fingerprint density at radius 1 is 1.10 bits per heavy atom. The minimum atomic E-state index is -0.952. The molecule has 1 rings (SSSR count). The van der Waals surface area contributed by atoms with Crippen molar-refractivity contribution in [3.8, 4) is 0 Å². The van der Waals surface area contributed by atoms with Gasteiger partial charge in [0, 0.05) is 5.54 Å². The van der Waals surface area contributed by atoms with E-state index >= 15 is 0 Å². The average molecular weight is 283 g/mol. The van der Waals surface area contributed by atoms with Crippen LogP contribution in [0.4, 0.5) is 0 Å². The first-order valence-corrected chi connectivity index (χ1v) is 6.60. The molecule has 112 valence electrons. The van der Waals surface area contributed by atoms with Crippen molar-refractivity contribution in [3.05, 3.63) is 12.7 Å². The number of hydrogen-bond acceptors (Lipinski definition) is 6. The summed E-state index contributed by atoms with van der Waals surface area (Å²) in [4.78, 5) is 23.9. The van der Waals surface area contributed by atoms with E-state index < -0.39 is 23.4 Å². The zero-order valence-corrected chi connectivity index (χ0v) is 12.3. The molecule has 0 aliphatic rings. The van der Waals surface area contributed by atoms with Gasteiger partial charge in [-0.1, -0.05) is 0 Å². The van der Waals surface area contributed by atoms with Crippen LogP contribution >= 0.6 is 0 Å². The molecule has 7 nitrogen and oxygen atoms in total. The number of ether oxygens (including phenoxy) is 2. The summed E-state index contributed by atoms with van der Waals surface area (Å²) in [5, 5.41) is 7.48. The van der Waals surface area contributed by atoms with E-state index in [1.807, 2.05) is 13.8 Å². The Labute approximate surface area is 118 Å². The highest BCUT2D eigenvalue weighted by Gasteiger charge is 2.36. The molecule has 0 aliphatic carbocycles. The predicted octanol–water partition coefficient (Wildman–Crippen LogP) is 1.15. The summed E-state index contributed by atoms with van der Waals surface area (Å²) in [6, 6.07) is 0. The Bertz CT molecular complexity index is 424. The van der Waals surface area contributed by atoms with Gasteiger partial charge in [0.05, 0.1) is 13.2 Å². The van der Waals surface area contributed by atoms with Gasteiger partial charge >= 0.3 is 11.9 Å². The summed E-state index contributed by atoms with van der Waals surface area (Å²) in [7, 11) is 0. The topological polar surface area (TPSA) is 83.3 Å². The SMILES string of the molecule is CCOC(=O)C(CC(C)(C)n1cnnc1)C(=O)OCC. The minimum absolute atomic E-state index is 0.224. The standard InChI is InChI=1S/C13H21N3O4/c1-5-19-11(17)10(12(18)20-6-2)7-13(3,4)16-8-14-15-9-16/h8-10H,5-7H2,1-4H3. The number of aromatic nitrogens is 3. The van der Waals surface area contributed by atoms with Crippen molar-refractivity contribution < 1.29 is 19.1 Å². The van der Waals surface area contributed by atoms with Crippen LogP contribution in [0.15, 0.2) is 12.7 Å². The van der Waals surface area contributed by atoms with Crippen molar-refractivity contribution in [3.63, 3.8) is 0 Å². The maximum Gasteiger partial charge on any atom is 0.320 e. The molecule has 0 spiro atoms. The molecule has 0 aromatic carbocycles. The van der Waals surface area contributed by atoms with Crippen molar-refractivity contribution >= 4 is 11.9 Å². The third kappa shape index (κ3) is 4.04. The van der Waals surface area contributed by atoms with Crippen molar-refractivity contribution in [2.45, 2.75) is 39.7 Å². The lowest BCUT2D eigenvalue weighted by atomic mass is 9.90. The molecule has 1 aromatic rings. The lowest BCUT2D eigenvalue weighted by Gasteiger charge is -2.28. The smallest absolute Gasteiger partial charge is 0.320 e. The number of carbonyl (C=O) groups excluding carboxylic acids is 2. The van der Waals surface area contributed by atoms with Crippen LogP contribution in [-0.2, 0) is 24.6 Å². The first-order valence-electron chi connectivity index (χ1n) is 6.60. The van der Waals surface area contributed by atoms with Gasteiger partial charge in [-0.05, 0) is 34.1 Å². The van der Waals surface area contributed by atoms with Gasteiger partial charge in [0.15, 0.2) is 5.92 Å². The molecular weight excluding hydrogens is 262 g/mol. The number of nitrogens with zero attached hydrogens (tertiary/aromatic N) is 3. The van der Waals surface area contributed by atoms with E-state index in [1.54, 1.807) is 31.1 Å². The van der Waals surface area contributed by atoms with E-state index in [1.165, 1.54) is 0 Å². The fraction of sp³-hybridized carbons (Fsp3) is 0.692. The molecule has 0 saturated carbocycles. The summed E-state index contributed by atoms with van der Waals surface area (Å²) >= 11 is 0. The van der Waals surface area contributed by atoms with Gasteiger partial charge in [0.2, 0.25) is 0 Å². The van der Waals surface area contributed by atoms with Gasteiger partial charge in [-0.3, -0.25) is 9.59 Å². The number of esters is 2. The monoisotopic (exact) mass is 283 g/mol. The van der Waals surface area contributed by atoms with E-state index in [9.17, 15) is 9.59 Å². The Morgan fingerprint density at radius 3 is 1.95 bits per heavy atom. The number of rotatable bonds is 7. The molecule has 0 atom stereocenters. The zero-order valence-electron chi connectivity index (χ0n) is 12.3. The van der Waals surface area contributed by atoms with Gasteiger partial charge < -0.3 is 14.0 Å². The highest BCUT2D eigenvalue weighted by atomic mass is 16.6. The van der Waals surface area contributed by atoms with E-state index in [-0.39, 0.29) is 19.6 Å². The minimum Gasteiger partial charge on any atom is -0.465 e. The van der Waals surface area contributed by atoms with E-state index in [0.29, 0.717) is 0 Å². The molecule has 20 heavy (non-hydrogen) atoms. The van der Waals surface area contributed by atoms with Crippen molar-refractivity contribution in [1.82, 2.24) is 14.8 Å². The molecular formula is C13H21N3O4. The maximum atomic E-state index is 11.9. The lowest BCUT2D eigenvalue weighted by molar-refractivity contribution is -0.163. The second-order valence-electron chi connectivity index (χ2n) is 4.94. The van der Waals surface area contributed by atoms with Crippen LogP contribution in [0.5, 0.6) is 0 Å². The molecule has 0 unspecified atom stereocenters. The van der Waals surface area contributed by atoms with Gasteiger partial charge in [0.25, 0.3) is 0 Å². The molecule has 0 aliphatic heterocycles. The second kappa shape index (κ2) is 7.02. The Kier molecular flexibility index (Phi) is 5.66. The summed E-state index contributed by atoms with van der Waals surface area (Å²) < 4.78 is 11.7. The van der Waals surface area contributed by atoms with E-state index in [4.69, 9.17) is 9.47 Å². The van der Waals surface area contributed by atoms with E-state index in [0.717, 1.165) is 0 Å². The number of carbonyl (C=O) groups is 2. The molecule has 0 fully saturated rings. The summed E-state index contributed by atoms with van der Waals surface area (Å²) in [6.07, 6.45) is 3.35. The molecule has 7 heteroatoms. The molecule has 0 bridgehead atoms. The molecule has 1 aromatic heterocycles. The van der Waals surface area contributed by atoms with Crippen molar-refractivity contribution in [1.29, 1.82) is 0 Å². The summed E-state index contributed by atoms with van der Waals surface area (Å²) in [5.74, 6) is -2.08. The largest absolute Gasteiger partial charge is 0.465 e. The fourth-order valence-electron chi connectivity index (χ4n) is 1.87. The summed E-state index contributed by atoms with van der Waals surface area (Å²) in [5.41, 5.74) is -0.506. The third-order valence-electron chi connectivity index (χ3n) is 2.96. The second-order valence-corrected chi connectivity index (χ2v) is 4.94. The third-order valence-corrected chi connectivity index (χ3v) is 2.96. The van der Waals surface area contributed by atoms with Gasteiger partial charge in [-0.25, -0.2) is 0 Å². The molecule has 0 radical (unpaired) electrons. The zero-order chi connectivity index (χ0) is 15.2. The van der Waals surface area contributed by atoms with E-state index in [2.05, 4.69) is 10.2 Å². The molecule has 0 N–H and O–H groups in total. The van der Waals surface area contributed by atoms with Crippen LogP contribution in [0.3, 0.4) is 0 Å². The van der Waals surface area contributed by atoms with Crippen LogP contribution in [-0.4, -0.2) is 39.9 Å². The van der Waals surface area contributed by atoms with Gasteiger partial charge in [-0.15, -0.1) is 10.2 Å². The first kappa shape index (κ1) is 16.1. The van der Waals surface area contributed by atoms with Crippen LogP contribution in [0.2, 0.25) is 0 Å². The quantitative estimate of drug-likeness (QED) is 0.551. The van der Waals surface area contributed by atoms with Crippen molar-refractivity contribution in [2.24, 2.45) is 5.92 Å². The number of hydrogen-bond donors (Lipinski definition) is 0. The highest BCUT2D eigenvalue weighted by molar-refractivity contribution is 5.95. The van der Waals surface area contributed by atoms with Crippen LogP contribution in [0.25, 0.3) is 0 Å². The molecule has 0 amide bonds. The van der Waals surface area contributed by atoms with Crippen LogP contribution in [0, 0.1) is 5.92 Å². The maximum absolute atomic E-state index is 11.9. The summed E-state index contributed by atoms with van der Waals surface area (Å²) in [6.45, 7) is 7.63. The highest BCUT2D eigenvalue weighted by Crippen LogP contribution is 2.26.